The molecule has 13 heteroatoms. The van der Waals surface area contributed by atoms with E-state index in [4.69, 9.17) is 0 Å². The van der Waals surface area contributed by atoms with E-state index in [0.29, 0.717) is 11.3 Å². The zero-order valence-corrected chi connectivity index (χ0v) is 24.4. The van der Waals surface area contributed by atoms with Crippen molar-refractivity contribution in [3.8, 4) is 0 Å². The van der Waals surface area contributed by atoms with E-state index in [0.717, 1.165) is 31.0 Å². The molecule has 6 rings (SSSR count). The molecule has 1 atom stereocenters. The largest absolute Gasteiger partial charge is 0.416 e. The minimum atomic E-state index is -4.60. The molecule has 1 amide bonds. The summed E-state index contributed by atoms with van der Waals surface area (Å²) in [5.74, 6) is -1.59. The number of nitrogens with one attached hydrogen (secondary N) is 1. The molecular formula is C30H28F4N2O5S2. The molecule has 1 saturated carbocycles. The van der Waals surface area contributed by atoms with Crippen molar-refractivity contribution in [3.63, 3.8) is 0 Å². The summed E-state index contributed by atoms with van der Waals surface area (Å²) in [4.78, 5) is 13.1. The molecule has 1 unspecified atom stereocenters. The monoisotopic (exact) mass is 636 g/mol. The summed E-state index contributed by atoms with van der Waals surface area (Å²) >= 11 is 0. The van der Waals surface area contributed by atoms with Crippen LogP contribution in [0.1, 0.15) is 52.7 Å². The Balaban J connectivity index is 1.41. The maximum absolute atomic E-state index is 14.1. The van der Waals surface area contributed by atoms with Crippen molar-refractivity contribution in [1.29, 1.82) is 0 Å². The van der Waals surface area contributed by atoms with Gasteiger partial charge in [-0.25, -0.2) is 21.2 Å². The Bertz CT molecular complexity index is 1790. The van der Waals surface area contributed by atoms with Crippen LogP contribution in [0.2, 0.25) is 0 Å². The molecule has 1 spiro atoms. The van der Waals surface area contributed by atoms with Crippen LogP contribution in [0, 0.1) is 11.7 Å². The van der Waals surface area contributed by atoms with E-state index in [1.54, 1.807) is 6.07 Å². The van der Waals surface area contributed by atoms with Gasteiger partial charge in [0.1, 0.15) is 15.7 Å². The van der Waals surface area contributed by atoms with Gasteiger partial charge in [-0.05, 0) is 91.3 Å². The van der Waals surface area contributed by atoms with Gasteiger partial charge in [-0.2, -0.15) is 13.2 Å². The van der Waals surface area contributed by atoms with E-state index in [9.17, 15) is 39.2 Å². The first-order chi connectivity index (χ1) is 20.2. The summed E-state index contributed by atoms with van der Waals surface area (Å²) < 4.78 is 109. The van der Waals surface area contributed by atoms with Crippen LogP contribution < -0.4 is 9.62 Å². The lowest BCUT2D eigenvalue weighted by Crippen LogP contribution is -2.52. The third kappa shape index (κ3) is 5.30. The average molecular weight is 637 g/mol. The first kappa shape index (κ1) is 29.6. The number of carbonyl (C=O) groups excluding carboxylic acids is 1. The van der Waals surface area contributed by atoms with Crippen LogP contribution in [0.25, 0.3) is 0 Å². The Morgan fingerprint density at radius 1 is 0.977 bits per heavy atom. The molecule has 0 bridgehead atoms. The van der Waals surface area contributed by atoms with Gasteiger partial charge in [0.25, 0.3) is 15.9 Å². The Hall–Kier alpha value is -3.45. The standard InChI is InChI=1S/C30H28F4N2O5S2/c31-22-8-10-23(11-9-22)43(40,41)36-26-12-7-20(28(37)35-18-21-3-1-2-4-24(21)30(32,33)34)17-25(26)29(27(36)19-5-6-19)13-15-42(38,39)16-14-29/h1-4,7-12,17,19,27H,5-6,13-16,18H2,(H,35,37). The Morgan fingerprint density at radius 2 is 1.63 bits per heavy atom. The molecule has 2 fully saturated rings. The number of halogens is 4. The van der Waals surface area contributed by atoms with Gasteiger partial charge in [-0.3, -0.25) is 9.10 Å². The maximum atomic E-state index is 14.1. The molecule has 228 valence electrons. The maximum Gasteiger partial charge on any atom is 0.416 e. The second kappa shape index (κ2) is 10.3. The summed E-state index contributed by atoms with van der Waals surface area (Å²) in [6.07, 6.45) is -2.80. The van der Waals surface area contributed by atoms with Crippen molar-refractivity contribution in [1.82, 2.24) is 5.32 Å². The third-order valence-electron chi connectivity index (χ3n) is 8.77. The number of amides is 1. The van der Waals surface area contributed by atoms with Gasteiger partial charge in [0, 0.05) is 17.5 Å². The molecule has 1 aliphatic carbocycles. The average Bonchev–Trinajstić information content (AvgIpc) is 3.76. The van der Waals surface area contributed by atoms with Gasteiger partial charge in [0.15, 0.2) is 0 Å². The SMILES string of the molecule is O=C(NCc1ccccc1C(F)(F)F)c1ccc2c(c1)C1(CCS(=O)(=O)CC1)C(C1CC1)N2S(=O)(=O)c1ccc(F)cc1. The number of hydrogen-bond acceptors (Lipinski definition) is 5. The van der Waals surface area contributed by atoms with Crippen LogP contribution >= 0.6 is 0 Å². The number of sulfone groups is 1. The van der Waals surface area contributed by atoms with Gasteiger partial charge >= 0.3 is 6.18 Å². The van der Waals surface area contributed by atoms with E-state index >= 15 is 0 Å². The minimum absolute atomic E-state index is 0.0421. The van der Waals surface area contributed by atoms with Crippen molar-refractivity contribution in [2.45, 2.75) is 54.8 Å². The van der Waals surface area contributed by atoms with Gasteiger partial charge in [-0.15, -0.1) is 0 Å². The summed E-state index contributed by atoms with van der Waals surface area (Å²) in [6.45, 7) is -0.384. The molecule has 0 aromatic heterocycles. The highest BCUT2D eigenvalue weighted by molar-refractivity contribution is 7.93. The number of anilines is 1. The fourth-order valence-electron chi connectivity index (χ4n) is 6.55. The molecule has 7 nitrogen and oxygen atoms in total. The van der Waals surface area contributed by atoms with Crippen LogP contribution in [0.15, 0.2) is 71.6 Å². The predicted molar refractivity (Wildman–Crippen MR) is 151 cm³/mol. The van der Waals surface area contributed by atoms with Crippen LogP contribution in [0.3, 0.4) is 0 Å². The smallest absolute Gasteiger partial charge is 0.348 e. The molecule has 1 saturated heterocycles. The molecule has 0 radical (unpaired) electrons. The lowest BCUT2D eigenvalue weighted by atomic mass is 9.70. The van der Waals surface area contributed by atoms with E-state index in [-0.39, 0.29) is 52.8 Å². The van der Waals surface area contributed by atoms with Gasteiger partial charge in [-0.1, -0.05) is 18.2 Å². The Labute approximate surface area is 246 Å². The number of rotatable bonds is 6. The molecule has 43 heavy (non-hydrogen) atoms. The number of benzene rings is 3. The number of carbonyl (C=O) groups is 1. The molecule has 2 heterocycles. The van der Waals surface area contributed by atoms with Crippen molar-refractivity contribution >= 4 is 31.5 Å². The van der Waals surface area contributed by atoms with Gasteiger partial charge < -0.3 is 5.32 Å². The minimum Gasteiger partial charge on any atom is -0.348 e. The van der Waals surface area contributed by atoms with E-state index in [2.05, 4.69) is 5.32 Å². The highest BCUT2D eigenvalue weighted by Crippen LogP contribution is 2.59. The summed E-state index contributed by atoms with van der Waals surface area (Å²) in [6, 6.07) is 13.3. The number of alkyl halides is 3. The molecule has 2 aliphatic heterocycles. The molecule has 3 aromatic carbocycles. The van der Waals surface area contributed by atoms with Crippen molar-refractivity contribution < 1.29 is 39.2 Å². The van der Waals surface area contributed by atoms with Crippen LogP contribution in [0.5, 0.6) is 0 Å². The van der Waals surface area contributed by atoms with Crippen molar-refractivity contribution in [2.75, 3.05) is 15.8 Å². The van der Waals surface area contributed by atoms with E-state index in [1.165, 1.54) is 46.8 Å². The van der Waals surface area contributed by atoms with Crippen molar-refractivity contribution in [3.05, 3.63) is 94.8 Å². The van der Waals surface area contributed by atoms with Crippen LogP contribution in [0.4, 0.5) is 23.2 Å². The fourth-order valence-corrected chi connectivity index (χ4v) is 9.90. The normalized spacial score (nSPS) is 21.0. The van der Waals surface area contributed by atoms with Crippen molar-refractivity contribution in [2.24, 2.45) is 5.92 Å². The Kier molecular flexibility index (Phi) is 7.11. The van der Waals surface area contributed by atoms with E-state index < -0.39 is 54.8 Å². The van der Waals surface area contributed by atoms with E-state index in [1.807, 2.05) is 0 Å². The molecule has 1 N–H and O–H groups in total. The second-order valence-corrected chi connectivity index (χ2v) is 15.5. The number of nitrogens with zero attached hydrogens (tertiary/aromatic N) is 1. The number of fused-ring (bicyclic) bond motifs is 2. The quantitative estimate of drug-likeness (QED) is 0.375. The van der Waals surface area contributed by atoms with Gasteiger partial charge in [0.2, 0.25) is 0 Å². The lowest BCUT2D eigenvalue weighted by molar-refractivity contribution is -0.138. The van der Waals surface area contributed by atoms with Gasteiger partial charge in [0.05, 0.1) is 33.7 Å². The second-order valence-electron chi connectivity index (χ2n) is 11.4. The summed E-state index contributed by atoms with van der Waals surface area (Å²) in [7, 11) is -7.57. The molecule has 3 aliphatic rings. The zero-order chi connectivity index (χ0) is 30.8. The molecular weight excluding hydrogens is 608 g/mol. The fraction of sp³-hybridized carbons (Fsp3) is 0.367. The predicted octanol–water partition coefficient (Wildman–Crippen LogP) is 5.21. The zero-order valence-electron chi connectivity index (χ0n) is 22.8. The first-order valence-corrected chi connectivity index (χ1v) is 17.1. The summed E-state index contributed by atoms with van der Waals surface area (Å²) in [5, 5.41) is 2.54. The first-order valence-electron chi connectivity index (χ1n) is 13.8. The highest BCUT2D eigenvalue weighted by atomic mass is 32.2. The summed E-state index contributed by atoms with van der Waals surface area (Å²) in [5.41, 5.74) is -0.905. The Morgan fingerprint density at radius 3 is 2.26 bits per heavy atom. The lowest BCUT2D eigenvalue weighted by Gasteiger charge is -2.41. The topological polar surface area (TPSA) is 101 Å². The number of hydrogen-bond donors (Lipinski definition) is 1. The highest BCUT2D eigenvalue weighted by Gasteiger charge is 2.60. The van der Waals surface area contributed by atoms with Crippen LogP contribution in [-0.2, 0) is 38.0 Å². The molecule has 3 aromatic rings. The van der Waals surface area contributed by atoms with Crippen LogP contribution in [-0.4, -0.2) is 40.3 Å². The number of sulfonamides is 1. The third-order valence-corrected chi connectivity index (χ3v) is 12.2.